The van der Waals surface area contributed by atoms with E-state index in [0.29, 0.717) is 16.2 Å². The van der Waals surface area contributed by atoms with Crippen LogP contribution >= 0.6 is 15.9 Å². The Morgan fingerprint density at radius 3 is 2.92 bits per heavy atom. The third-order valence-corrected chi connectivity index (χ3v) is 3.25. The van der Waals surface area contributed by atoms with Crippen molar-refractivity contribution in [2.75, 3.05) is 0 Å². The molecule has 1 atom stereocenters. The Morgan fingerprint density at radius 1 is 1.62 bits per heavy atom. The van der Waals surface area contributed by atoms with Crippen LogP contribution in [0, 0.1) is 5.92 Å². The molecule has 0 aliphatic carbocycles. The number of Topliss-reactive ketones (excluding diaryl/α,β-unsaturated/α-hetero) is 1. The lowest BCUT2D eigenvalue weighted by Gasteiger charge is -2.25. The number of carbonyl (C=O) groups is 1. The van der Waals surface area contributed by atoms with Gasteiger partial charge in [0, 0.05) is 6.42 Å². The largest absolute Gasteiger partial charge is 0.482 e. The van der Waals surface area contributed by atoms with E-state index in [0.717, 1.165) is 12.0 Å². The number of ether oxygens (including phenoxy) is 1. The Kier molecular flexibility index (Phi) is 2.06. The van der Waals surface area contributed by atoms with Crippen LogP contribution in [-0.2, 0) is 9.53 Å². The Bertz CT molecular complexity index is 326. The monoisotopic (exact) mass is 242 g/mol. The minimum atomic E-state index is -0.00236. The lowest BCUT2D eigenvalue weighted by molar-refractivity contribution is -0.116. The number of hydrogen-bond donors (Lipinski definition) is 0. The summed E-state index contributed by atoms with van der Waals surface area (Å²) in [6, 6.07) is 0. The number of hydrogen-bond acceptors (Lipinski definition) is 2. The van der Waals surface area contributed by atoms with Crippen molar-refractivity contribution in [3.05, 3.63) is 21.9 Å². The molecule has 2 nitrogen and oxygen atoms in total. The van der Waals surface area contributed by atoms with E-state index in [1.54, 1.807) is 0 Å². The van der Waals surface area contributed by atoms with Gasteiger partial charge in [0.25, 0.3) is 0 Å². The first-order valence-electron chi connectivity index (χ1n) is 4.42. The molecule has 0 fully saturated rings. The molecule has 2 bridgehead atoms. The Morgan fingerprint density at radius 2 is 2.31 bits per heavy atom. The fourth-order valence-corrected chi connectivity index (χ4v) is 2.71. The molecule has 70 valence electrons. The average Bonchev–Trinajstić information content (AvgIpc) is 2.47. The van der Waals surface area contributed by atoms with Crippen molar-refractivity contribution in [2.24, 2.45) is 5.92 Å². The van der Waals surface area contributed by atoms with E-state index in [4.69, 9.17) is 4.74 Å². The van der Waals surface area contributed by atoms with Gasteiger partial charge in [-0.2, -0.15) is 0 Å². The van der Waals surface area contributed by atoms with Gasteiger partial charge in [-0.25, -0.2) is 0 Å². The summed E-state index contributed by atoms with van der Waals surface area (Å²) in [5.74, 6) is 0.870. The number of fused-ring (bicyclic) bond motifs is 2. The minimum absolute atomic E-state index is 0.00236. The van der Waals surface area contributed by atoms with E-state index < -0.39 is 0 Å². The van der Waals surface area contributed by atoms with Crippen LogP contribution in [0.3, 0.4) is 0 Å². The third-order valence-electron chi connectivity index (χ3n) is 2.43. The van der Waals surface area contributed by atoms with Crippen LogP contribution in [-0.4, -0.2) is 11.9 Å². The topological polar surface area (TPSA) is 26.3 Å². The summed E-state index contributed by atoms with van der Waals surface area (Å²) in [5.41, 5.74) is 1.10. The van der Waals surface area contributed by atoms with E-state index in [1.807, 2.05) is 6.08 Å². The van der Waals surface area contributed by atoms with E-state index in [2.05, 4.69) is 29.8 Å². The molecule has 0 aromatic carbocycles. The summed E-state index contributed by atoms with van der Waals surface area (Å²) in [4.78, 5) is 11.6. The standard InChI is InChI=1S/C10H11BrO2/c1-5(2)8-6-3-4-7(13-6)10(12)9(8)11/h4-6H,3H2,1-2H3. The van der Waals surface area contributed by atoms with Gasteiger partial charge < -0.3 is 4.74 Å². The zero-order chi connectivity index (χ0) is 9.59. The van der Waals surface area contributed by atoms with E-state index in [1.165, 1.54) is 0 Å². The summed E-state index contributed by atoms with van der Waals surface area (Å²) >= 11 is 3.35. The average molecular weight is 243 g/mol. The predicted molar refractivity (Wildman–Crippen MR) is 53.4 cm³/mol. The molecule has 2 aliphatic rings. The quantitative estimate of drug-likeness (QED) is 0.707. The normalized spacial score (nSPS) is 26.6. The van der Waals surface area contributed by atoms with Gasteiger partial charge in [-0.15, -0.1) is 0 Å². The first-order valence-corrected chi connectivity index (χ1v) is 5.21. The zero-order valence-electron chi connectivity index (χ0n) is 7.63. The van der Waals surface area contributed by atoms with Crippen LogP contribution in [0.2, 0.25) is 0 Å². The summed E-state index contributed by atoms with van der Waals surface area (Å²) in [5, 5.41) is 0. The maximum atomic E-state index is 11.6. The van der Waals surface area contributed by atoms with Crippen molar-refractivity contribution in [1.82, 2.24) is 0 Å². The van der Waals surface area contributed by atoms with E-state index >= 15 is 0 Å². The number of ketones is 1. The molecule has 0 radical (unpaired) electrons. The molecule has 13 heavy (non-hydrogen) atoms. The zero-order valence-corrected chi connectivity index (χ0v) is 9.22. The van der Waals surface area contributed by atoms with Gasteiger partial charge in [0.1, 0.15) is 6.10 Å². The van der Waals surface area contributed by atoms with Crippen LogP contribution < -0.4 is 0 Å². The third kappa shape index (κ3) is 1.26. The molecule has 0 saturated heterocycles. The Balaban J connectivity index is 2.46. The van der Waals surface area contributed by atoms with Gasteiger partial charge in [-0.05, 0) is 33.5 Å². The smallest absolute Gasteiger partial charge is 0.234 e. The highest BCUT2D eigenvalue weighted by molar-refractivity contribution is 9.12. The highest BCUT2D eigenvalue weighted by atomic mass is 79.9. The number of allylic oxidation sites excluding steroid dienone is 1. The minimum Gasteiger partial charge on any atom is -0.482 e. The first kappa shape index (κ1) is 9.00. The molecule has 2 rings (SSSR count). The van der Waals surface area contributed by atoms with E-state index in [9.17, 15) is 4.79 Å². The Labute approximate surface area is 85.8 Å². The summed E-state index contributed by atoms with van der Waals surface area (Å²) < 4.78 is 6.19. The van der Waals surface area contributed by atoms with Crippen molar-refractivity contribution in [3.63, 3.8) is 0 Å². The van der Waals surface area contributed by atoms with Gasteiger partial charge >= 0.3 is 0 Å². The predicted octanol–water partition coefficient (Wildman–Crippen LogP) is 2.55. The van der Waals surface area contributed by atoms with Crippen LogP contribution in [0.15, 0.2) is 21.9 Å². The molecule has 0 aromatic rings. The molecule has 0 spiro atoms. The van der Waals surface area contributed by atoms with Crippen LogP contribution in [0.4, 0.5) is 0 Å². The highest BCUT2D eigenvalue weighted by Crippen LogP contribution is 2.38. The number of carbonyl (C=O) groups excluding carboxylic acids is 1. The lowest BCUT2D eigenvalue weighted by atomic mass is 9.95. The highest BCUT2D eigenvalue weighted by Gasteiger charge is 2.36. The van der Waals surface area contributed by atoms with E-state index in [-0.39, 0.29) is 11.9 Å². The lowest BCUT2D eigenvalue weighted by Crippen LogP contribution is -2.24. The van der Waals surface area contributed by atoms with Crippen LogP contribution in [0.5, 0.6) is 0 Å². The molecule has 3 heteroatoms. The summed E-state index contributed by atoms with van der Waals surface area (Å²) in [6.45, 7) is 4.16. The molecule has 1 unspecified atom stereocenters. The SMILES string of the molecule is CC(C)C1=C(Br)C(=O)C2=CCC1O2. The molecule has 0 aromatic heterocycles. The Hall–Kier alpha value is -0.570. The van der Waals surface area contributed by atoms with Gasteiger partial charge in [0.15, 0.2) is 5.76 Å². The van der Waals surface area contributed by atoms with Gasteiger partial charge in [0.05, 0.1) is 4.48 Å². The van der Waals surface area contributed by atoms with Gasteiger partial charge in [-0.1, -0.05) is 13.8 Å². The first-order chi connectivity index (χ1) is 6.11. The molecule has 2 aliphatic heterocycles. The molecule has 0 saturated carbocycles. The summed E-state index contributed by atoms with van der Waals surface area (Å²) in [6.07, 6.45) is 2.81. The number of rotatable bonds is 1. The van der Waals surface area contributed by atoms with Gasteiger partial charge in [0.2, 0.25) is 5.78 Å². The van der Waals surface area contributed by atoms with Crippen LogP contribution in [0.1, 0.15) is 20.3 Å². The van der Waals surface area contributed by atoms with Crippen molar-refractivity contribution < 1.29 is 9.53 Å². The molecule has 2 heterocycles. The number of halogens is 1. The van der Waals surface area contributed by atoms with Crippen molar-refractivity contribution in [1.29, 1.82) is 0 Å². The van der Waals surface area contributed by atoms with Crippen molar-refractivity contribution in [2.45, 2.75) is 26.4 Å². The molecular weight excluding hydrogens is 232 g/mol. The second-order valence-electron chi connectivity index (χ2n) is 3.66. The molecule has 0 N–H and O–H groups in total. The van der Waals surface area contributed by atoms with Gasteiger partial charge in [-0.3, -0.25) is 4.79 Å². The molecular formula is C10H11BrO2. The fourth-order valence-electron chi connectivity index (χ4n) is 1.81. The fraction of sp³-hybridized carbons (Fsp3) is 0.500. The summed E-state index contributed by atoms with van der Waals surface area (Å²) in [7, 11) is 0. The molecule has 0 amide bonds. The van der Waals surface area contributed by atoms with Crippen molar-refractivity contribution >= 4 is 21.7 Å². The second kappa shape index (κ2) is 2.98. The van der Waals surface area contributed by atoms with Crippen LogP contribution in [0.25, 0.3) is 0 Å². The van der Waals surface area contributed by atoms with Crippen molar-refractivity contribution in [3.8, 4) is 0 Å². The second-order valence-corrected chi connectivity index (χ2v) is 4.46. The maximum Gasteiger partial charge on any atom is 0.234 e. The maximum absolute atomic E-state index is 11.6.